The number of piperazine rings is 1. The zero-order valence-electron chi connectivity index (χ0n) is 17.3. The third-order valence-corrected chi connectivity index (χ3v) is 6.53. The zero-order valence-corrected chi connectivity index (χ0v) is 18.1. The van der Waals surface area contributed by atoms with Crippen molar-refractivity contribution in [3.63, 3.8) is 0 Å². The van der Waals surface area contributed by atoms with Gasteiger partial charge in [-0.1, -0.05) is 30.3 Å². The minimum atomic E-state index is -3.57. The highest BCUT2D eigenvalue weighted by Gasteiger charge is 2.21. The molecule has 30 heavy (non-hydrogen) atoms. The summed E-state index contributed by atoms with van der Waals surface area (Å²) in [4.78, 5) is 16.8. The van der Waals surface area contributed by atoms with Crippen LogP contribution >= 0.6 is 0 Å². The van der Waals surface area contributed by atoms with Gasteiger partial charge in [-0.3, -0.25) is 9.69 Å². The quantitative estimate of drug-likeness (QED) is 0.658. The van der Waals surface area contributed by atoms with Crippen molar-refractivity contribution in [2.24, 2.45) is 0 Å². The molecule has 1 aliphatic heterocycles. The van der Waals surface area contributed by atoms with Crippen LogP contribution in [0.2, 0.25) is 0 Å². The lowest BCUT2D eigenvalue weighted by molar-refractivity contribution is -0.132. The van der Waals surface area contributed by atoms with Crippen molar-refractivity contribution in [3.05, 3.63) is 60.2 Å². The molecule has 0 bridgehead atoms. The normalized spacial score (nSPS) is 15.2. The number of ether oxygens (including phenoxy) is 1. The highest BCUT2D eigenvalue weighted by Crippen LogP contribution is 2.15. The highest BCUT2D eigenvalue weighted by molar-refractivity contribution is 7.89. The van der Waals surface area contributed by atoms with Crippen LogP contribution in [0.4, 0.5) is 0 Å². The first-order valence-corrected chi connectivity index (χ1v) is 11.7. The number of sulfonamides is 1. The van der Waals surface area contributed by atoms with Gasteiger partial charge in [-0.15, -0.1) is 0 Å². The molecular formula is C22H29N3O4S. The maximum absolute atomic E-state index is 12.4. The van der Waals surface area contributed by atoms with Gasteiger partial charge in [0.25, 0.3) is 0 Å². The predicted molar refractivity (Wildman–Crippen MR) is 116 cm³/mol. The number of nitrogens with zero attached hydrogens (tertiary/aromatic N) is 2. The first-order chi connectivity index (χ1) is 14.5. The number of carbonyl (C=O) groups is 1. The third-order valence-electron chi connectivity index (χ3n) is 5.05. The van der Waals surface area contributed by atoms with Crippen molar-refractivity contribution >= 4 is 15.9 Å². The molecule has 1 saturated heterocycles. The molecule has 162 valence electrons. The number of hydrogen-bond acceptors (Lipinski definition) is 5. The summed E-state index contributed by atoms with van der Waals surface area (Å²) in [6.45, 7) is 6.47. The van der Waals surface area contributed by atoms with Gasteiger partial charge < -0.3 is 9.64 Å². The van der Waals surface area contributed by atoms with Crippen molar-refractivity contribution < 1.29 is 17.9 Å². The minimum absolute atomic E-state index is 0.0218. The standard InChI is InChI=1S/C22H29N3O4S/c1-2-29-20-10-8-19(9-11-20)18-24-14-16-25(17-15-24)22(26)12-13-23-30(27,28)21-6-4-3-5-7-21/h3-11,23H,2,12-18H2,1H3. The fraction of sp³-hybridized carbons (Fsp3) is 0.409. The molecular weight excluding hydrogens is 402 g/mol. The molecule has 1 heterocycles. The molecule has 2 aromatic carbocycles. The molecule has 1 amide bonds. The molecule has 8 heteroatoms. The van der Waals surface area contributed by atoms with Crippen LogP contribution in [0.1, 0.15) is 18.9 Å². The SMILES string of the molecule is CCOc1ccc(CN2CCN(C(=O)CCNS(=O)(=O)c3ccccc3)CC2)cc1. The van der Waals surface area contributed by atoms with Crippen molar-refractivity contribution in [1.29, 1.82) is 0 Å². The Bertz CT molecular complexity index is 909. The van der Waals surface area contributed by atoms with Crippen molar-refractivity contribution in [1.82, 2.24) is 14.5 Å². The van der Waals surface area contributed by atoms with Gasteiger partial charge >= 0.3 is 0 Å². The van der Waals surface area contributed by atoms with Crippen LogP contribution in [0.15, 0.2) is 59.5 Å². The molecule has 2 aromatic rings. The summed E-state index contributed by atoms with van der Waals surface area (Å²) in [5.74, 6) is 0.853. The number of benzene rings is 2. The average Bonchev–Trinajstić information content (AvgIpc) is 2.76. The van der Waals surface area contributed by atoms with E-state index in [1.807, 2.05) is 24.0 Å². The fourth-order valence-electron chi connectivity index (χ4n) is 3.40. The summed E-state index contributed by atoms with van der Waals surface area (Å²) < 4.78 is 32.4. The van der Waals surface area contributed by atoms with Crippen LogP contribution in [0.3, 0.4) is 0 Å². The second kappa shape index (κ2) is 10.6. The Hall–Kier alpha value is -2.42. The average molecular weight is 432 g/mol. The van der Waals surface area contributed by atoms with Gasteiger partial charge in [0.1, 0.15) is 5.75 Å². The summed E-state index contributed by atoms with van der Waals surface area (Å²) in [5.41, 5.74) is 1.22. The topological polar surface area (TPSA) is 79.0 Å². The molecule has 0 saturated carbocycles. The molecule has 0 radical (unpaired) electrons. The Labute approximate surface area is 178 Å². The van der Waals surface area contributed by atoms with Crippen LogP contribution in [-0.2, 0) is 21.4 Å². The van der Waals surface area contributed by atoms with Crippen LogP contribution in [0.25, 0.3) is 0 Å². The van der Waals surface area contributed by atoms with Gasteiger partial charge in [0.05, 0.1) is 11.5 Å². The van der Waals surface area contributed by atoms with E-state index >= 15 is 0 Å². The van der Waals surface area contributed by atoms with Gasteiger partial charge in [-0.2, -0.15) is 0 Å². The number of amides is 1. The second-order valence-electron chi connectivity index (χ2n) is 7.19. The highest BCUT2D eigenvalue weighted by atomic mass is 32.2. The molecule has 0 spiro atoms. The largest absolute Gasteiger partial charge is 0.494 e. The fourth-order valence-corrected chi connectivity index (χ4v) is 4.46. The van der Waals surface area contributed by atoms with E-state index in [2.05, 4.69) is 21.8 Å². The van der Waals surface area contributed by atoms with E-state index in [-0.39, 0.29) is 23.8 Å². The molecule has 3 rings (SSSR count). The number of rotatable bonds is 9. The van der Waals surface area contributed by atoms with E-state index in [1.54, 1.807) is 18.2 Å². The molecule has 1 N–H and O–H groups in total. The summed E-state index contributed by atoms with van der Waals surface area (Å²) in [6, 6.07) is 16.3. The minimum Gasteiger partial charge on any atom is -0.494 e. The molecule has 7 nitrogen and oxygen atoms in total. The monoisotopic (exact) mass is 431 g/mol. The van der Waals surface area contributed by atoms with E-state index < -0.39 is 10.0 Å². The van der Waals surface area contributed by atoms with Gasteiger partial charge in [0.2, 0.25) is 15.9 Å². The van der Waals surface area contributed by atoms with Gasteiger partial charge in [-0.05, 0) is 36.8 Å². The smallest absolute Gasteiger partial charge is 0.240 e. The van der Waals surface area contributed by atoms with Gasteiger partial charge in [0, 0.05) is 45.7 Å². The lowest BCUT2D eigenvalue weighted by atomic mass is 10.2. The molecule has 0 atom stereocenters. The summed E-state index contributed by atoms with van der Waals surface area (Å²) >= 11 is 0. The predicted octanol–water partition coefficient (Wildman–Crippen LogP) is 2.10. The van der Waals surface area contributed by atoms with Crippen LogP contribution in [-0.4, -0.2) is 63.5 Å². The molecule has 0 aliphatic carbocycles. The van der Waals surface area contributed by atoms with Crippen LogP contribution in [0.5, 0.6) is 5.75 Å². The number of hydrogen-bond donors (Lipinski definition) is 1. The van der Waals surface area contributed by atoms with E-state index in [9.17, 15) is 13.2 Å². The van der Waals surface area contributed by atoms with Crippen LogP contribution < -0.4 is 9.46 Å². The Kier molecular flexibility index (Phi) is 7.84. The number of carbonyl (C=O) groups excluding carboxylic acids is 1. The Morgan fingerprint density at radius 3 is 2.30 bits per heavy atom. The molecule has 0 aromatic heterocycles. The lowest BCUT2D eigenvalue weighted by Gasteiger charge is -2.34. The van der Waals surface area contributed by atoms with E-state index in [0.717, 1.165) is 25.4 Å². The van der Waals surface area contributed by atoms with E-state index in [0.29, 0.717) is 19.7 Å². The second-order valence-corrected chi connectivity index (χ2v) is 8.96. The van der Waals surface area contributed by atoms with Crippen molar-refractivity contribution in [2.45, 2.75) is 24.8 Å². The van der Waals surface area contributed by atoms with Crippen molar-refractivity contribution in [2.75, 3.05) is 39.3 Å². The molecule has 1 aliphatic rings. The van der Waals surface area contributed by atoms with E-state index in [4.69, 9.17) is 4.74 Å². The zero-order chi connectivity index (χ0) is 21.4. The number of nitrogens with one attached hydrogen (secondary N) is 1. The Morgan fingerprint density at radius 1 is 1.00 bits per heavy atom. The summed E-state index contributed by atoms with van der Waals surface area (Å²) in [7, 11) is -3.57. The van der Waals surface area contributed by atoms with Gasteiger partial charge in [-0.25, -0.2) is 13.1 Å². The third kappa shape index (κ3) is 6.29. The maximum atomic E-state index is 12.4. The van der Waals surface area contributed by atoms with Gasteiger partial charge in [0.15, 0.2) is 0 Å². The lowest BCUT2D eigenvalue weighted by Crippen LogP contribution is -2.48. The summed E-state index contributed by atoms with van der Waals surface area (Å²) in [6.07, 6.45) is 0.158. The first-order valence-electron chi connectivity index (χ1n) is 10.2. The Morgan fingerprint density at radius 2 is 1.67 bits per heavy atom. The first kappa shape index (κ1) is 22.3. The maximum Gasteiger partial charge on any atom is 0.240 e. The van der Waals surface area contributed by atoms with Crippen molar-refractivity contribution in [3.8, 4) is 5.75 Å². The van der Waals surface area contributed by atoms with Crippen LogP contribution in [0, 0.1) is 0 Å². The summed E-state index contributed by atoms with van der Waals surface area (Å²) in [5, 5.41) is 0. The molecule has 0 unspecified atom stereocenters. The Balaban J connectivity index is 1.39. The van der Waals surface area contributed by atoms with E-state index in [1.165, 1.54) is 17.7 Å². The molecule has 1 fully saturated rings.